The van der Waals surface area contributed by atoms with E-state index in [-0.39, 0.29) is 5.56 Å². The van der Waals surface area contributed by atoms with Crippen LogP contribution in [0.5, 0.6) is 0 Å². The molecule has 0 amide bonds. The number of carbonyl (C=O) groups excluding carboxylic acids is 1. The first-order valence-electron chi connectivity index (χ1n) is 5.95. The standard InChI is InChI=1S/C12H13NO8/c14-6-7(15)9(10(17)18)20-12(8(6)16)21-11(19)5-2-1-3-13-4-5/h1-4,6-9,12,14-16H,(H,17,18). The van der Waals surface area contributed by atoms with E-state index in [4.69, 9.17) is 14.6 Å². The van der Waals surface area contributed by atoms with Gasteiger partial charge in [-0.1, -0.05) is 0 Å². The number of carboxylic acid groups (broad SMARTS) is 1. The molecule has 0 saturated carbocycles. The Morgan fingerprint density at radius 2 is 1.90 bits per heavy atom. The van der Waals surface area contributed by atoms with Crippen molar-refractivity contribution in [1.82, 2.24) is 4.98 Å². The highest BCUT2D eigenvalue weighted by Gasteiger charge is 2.48. The van der Waals surface area contributed by atoms with Crippen LogP contribution in [0.2, 0.25) is 0 Å². The molecule has 1 aromatic heterocycles. The van der Waals surface area contributed by atoms with Gasteiger partial charge in [0.2, 0.25) is 6.29 Å². The Bertz CT molecular complexity index is 521. The zero-order valence-corrected chi connectivity index (χ0v) is 10.6. The lowest BCUT2D eigenvalue weighted by molar-refractivity contribution is -0.278. The Kier molecular flexibility index (Phi) is 4.48. The van der Waals surface area contributed by atoms with Gasteiger partial charge in [-0.3, -0.25) is 4.98 Å². The number of nitrogens with zero attached hydrogens (tertiary/aromatic N) is 1. The Morgan fingerprint density at radius 3 is 2.48 bits per heavy atom. The third kappa shape index (κ3) is 3.16. The number of aliphatic carboxylic acids is 1. The predicted octanol–water partition coefficient (Wildman–Crippen LogP) is -1.87. The molecular weight excluding hydrogens is 286 g/mol. The molecular formula is C12H13NO8. The minimum atomic E-state index is -1.84. The molecule has 0 aromatic carbocycles. The van der Waals surface area contributed by atoms with Gasteiger partial charge in [0.25, 0.3) is 0 Å². The number of hydrogen-bond acceptors (Lipinski definition) is 8. The van der Waals surface area contributed by atoms with Crippen molar-refractivity contribution in [2.45, 2.75) is 30.7 Å². The number of carbonyl (C=O) groups is 2. The van der Waals surface area contributed by atoms with Crippen molar-refractivity contribution in [1.29, 1.82) is 0 Å². The number of pyridine rings is 1. The van der Waals surface area contributed by atoms with Crippen molar-refractivity contribution < 1.29 is 39.5 Å². The molecule has 0 bridgehead atoms. The van der Waals surface area contributed by atoms with E-state index < -0.39 is 42.6 Å². The number of ether oxygens (including phenoxy) is 2. The van der Waals surface area contributed by atoms with Crippen molar-refractivity contribution in [3.63, 3.8) is 0 Å². The van der Waals surface area contributed by atoms with Crippen LogP contribution in [0.3, 0.4) is 0 Å². The lowest BCUT2D eigenvalue weighted by Crippen LogP contribution is -2.60. The van der Waals surface area contributed by atoms with Crippen LogP contribution in [0.15, 0.2) is 24.5 Å². The molecule has 0 spiro atoms. The van der Waals surface area contributed by atoms with Crippen LogP contribution in [-0.4, -0.2) is 68.1 Å². The van der Waals surface area contributed by atoms with Crippen LogP contribution in [0.25, 0.3) is 0 Å². The Balaban J connectivity index is 2.11. The maximum absolute atomic E-state index is 11.8. The highest BCUT2D eigenvalue weighted by atomic mass is 16.7. The van der Waals surface area contributed by atoms with E-state index in [1.54, 1.807) is 0 Å². The first kappa shape index (κ1) is 15.3. The van der Waals surface area contributed by atoms with Crippen molar-refractivity contribution in [3.8, 4) is 0 Å². The summed E-state index contributed by atoms with van der Waals surface area (Å²) in [7, 11) is 0. The summed E-state index contributed by atoms with van der Waals surface area (Å²) >= 11 is 0. The van der Waals surface area contributed by atoms with Gasteiger partial charge in [-0.05, 0) is 12.1 Å². The Labute approximate surface area is 118 Å². The molecule has 114 valence electrons. The summed E-state index contributed by atoms with van der Waals surface area (Å²) in [5, 5.41) is 37.6. The molecule has 0 aliphatic carbocycles. The molecule has 4 N–H and O–H groups in total. The van der Waals surface area contributed by atoms with Crippen LogP contribution in [0.1, 0.15) is 10.4 Å². The smallest absolute Gasteiger partial charge is 0.342 e. The number of carboxylic acids is 1. The summed E-state index contributed by atoms with van der Waals surface area (Å²) in [6.45, 7) is 0. The summed E-state index contributed by atoms with van der Waals surface area (Å²) < 4.78 is 9.62. The van der Waals surface area contributed by atoms with Gasteiger partial charge in [0, 0.05) is 12.4 Å². The van der Waals surface area contributed by atoms with Gasteiger partial charge >= 0.3 is 11.9 Å². The zero-order chi connectivity index (χ0) is 15.6. The molecule has 0 radical (unpaired) electrons. The second-order valence-electron chi connectivity index (χ2n) is 4.38. The van der Waals surface area contributed by atoms with Crippen LogP contribution in [0.4, 0.5) is 0 Å². The first-order valence-corrected chi connectivity index (χ1v) is 5.95. The van der Waals surface area contributed by atoms with Crippen molar-refractivity contribution in [3.05, 3.63) is 30.1 Å². The van der Waals surface area contributed by atoms with E-state index in [9.17, 15) is 24.9 Å². The van der Waals surface area contributed by atoms with Gasteiger partial charge in [-0.15, -0.1) is 0 Å². The monoisotopic (exact) mass is 299 g/mol. The van der Waals surface area contributed by atoms with Gasteiger partial charge in [0.05, 0.1) is 5.56 Å². The number of esters is 1. The molecule has 9 heteroatoms. The minimum absolute atomic E-state index is 0.0563. The van der Waals surface area contributed by atoms with Crippen molar-refractivity contribution in [2.24, 2.45) is 0 Å². The fraction of sp³-hybridized carbons (Fsp3) is 0.417. The SMILES string of the molecule is O=C(OC1OC(C(=O)O)C(O)C(O)C1O)c1cccnc1. The molecule has 9 nitrogen and oxygen atoms in total. The average molecular weight is 299 g/mol. The predicted molar refractivity (Wildman–Crippen MR) is 64.0 cm³/mol. The van der Waals surface area contributed by atoms with Gasteiger partial charge in [0.1, 0.15) is 18.3 Å². The second kappa shape index (κ2) is 6.14. The summed E-state index contributed by atoms with van der Waals surface area (Å²) in [6, 6.07) is 2.87. The summed E-state index contributed by atoms with van der Waals surface area (Å²) in [4.78, 5) is 26.4. The van der Waals surface area contributed by atoms with Gasteiger partial charge < -0.3 is 29.9 Å². The summed E-state index contributed by atoms with van der Waals surface area (Å²) in [5.74, 6) is -2.48. The minimum Gasteiger partial charge on any atom is -0.479 e. The third-order valence-electron chi connectivity index (χ3n) is 2.93. The quantitative estimate of drug-likeness (QED) is 0.471. The van der Waals surface area contributed by atoms with Crippen molar-refractivity contribution >= 4 is 11.9 Å². The van der Waals surface area contributed by atoms with E-state index >= 15 is 0 Å². The lowest BCUT2D eigenvalue weighted by Gasteiger charge is -2.37. The molecule has 1 saturated heterocycles. The van der Waals surface area contributed by atoms with Gasteiger partial charge in [-0.2, -0.15) is 0 Å². The van der Waals surface area contributed by atoms with E-state index in [2.05, 4.69) is 4.98 Å². The zero-order valence-electron chi connectivity index (χ0n) is 10.6. The van der Waals surface area contributed by atoms with E-state index in [0.717, 1.165) is 0 Å². The van der Waals surface area contributed by atoms with Gasteiger partial charge in [-0.25, -0.2) is 9.59 Å². The Morgan fingerprint density at radius 1 is 1.19 bits per heavy atom. The van der Waals surface area contributed by atoms with Crippen LogP contribution in [-0.2, 0) is 14.3 Å². The highest BCUT2D eigenvalue weighted by molar-refractivity contribution is 5.89. The molecule has 1 aliphatic heterocycles. The fourth-order valence-corrected chi connectivity index (χ4v) is 1.81. The first-order chi connectivity index (χ1) is 9.91. The maximum Gasteiger partial charge on any atom is 0.342 e. The van der Waals surface area contributed by atoms with Crippen molar-refractivity contribution in [2.75, 3.05) is 0 Å². The van der Waals surface area contributed by atoms with Gasteiger partial charge in [0.15, 0.2) is 6.10 Å². The number of aliphatic hydroxyl groups excluding tert-OH is 3. The molecule has 1 fully saturated rings. The third-order valence-corrected chi connectivity index (χ3v) is 2.93. The topological polar surface area (TPSA) is 146 Å². The van der Waals surface area contributed by atoms with Crippen LogP contribution >= 0.6 is 0 Å². The van der Waals surface area contributed by atoms with E-state index in [1.807, 2.05) is 0 Å². The highest BCUT2D eigenvalue weighted by Crippen LogP contribution is 2.23. The number of aromatic nitrogens is 1. The molecule has 1 aliphatic rings. The number of aliphatic hydroxyl groups is 3. The average Bonchev–Trinajstić information content (AvgIpc) is 2.48. The second-order valence-corrected chi connectivity index (χ2v) is 4.38. The van der Waals surface area contributed by atoms with Crippen LogP contribution < -0.4 is 0 Å². The molecule has 21 heavy (non-hydrogen) atoms. The summed E-state index contributed by atoms with van der Waals surface area (Å²) in [5.41, 5.74) is 0.0563. The number of rotatable bonds is 3. The molecule has 1 aromatic rings. The summed E-state index contributed by atoms with van der Waals surface area (Å²) in [6.07, 6.45) is -6.36. The normalized spacial score (nSPS) is 32.4. The molecule has 2 rings (SSSR count). The fourth-order valence-electron chi connectivity index (χ4n) is 1.81. The maximum atomic E-state index is 11.8. The Hall–Kier alpha value is -2.07. The molecule has 5 unspecified atom stereocenters. The number of hydrogen-bond donors (Lipinski definition) is 4. The lowest BCUT2D eigenvalue weighted by atomic mass is 9.99. The molecule has 2 heterocycles. The molecule has 5 atom stereocenters. The van der Waals surface area contributed by atoms with E-state index in [0.29, 0.717) is 0 Å². The van der Waals surface area contributed by atoms with E-state index in [1.165, 1.54) is 24.5 Å². The largest absolute Gasteiger partial charge is 0.479 e. The van der Waals surface area contributed by atoms with Crippen LogP contribution in [0, 0.1) is 0 Å².